The number of carbonyl (C=O) groups excluding carboxylic acids is 1. The molecule has 0 saturated carbocycles. The maximum atomic E-state index is 12.9. The van der Waals surface area contributed by atoms with Crippen LogP contribution in [0.15, 0.2) is 42.5 Å². The molecule has 2 aromatic carbocycles. The maximum absolute atomic E-state index is 12.9. The number of carbonyl (C=O) groups is 1. The zero-order chi connectivity index (χ0) is 19.3. The average Bonchev–Trinajstić information content (AvgIpc) is 2.57. The summed E-state index contributed by atoms with van der Waals surface area (Å²) >= 11 is 11.7. The molecule has 2 aromatic rings. The molecule has 1 amide bonds. The second-order valence-corrected chi connectivity index (χ2v) is 6.41. The third-order valence-electron chi connectivity index (χ3n) is 3.52. The molecule has 8 heteroatoms. The predicted molar refractivity (Wildman–Crippen MR) is 92.8 cm³/mol. The van der Waals surface area contributed by atoms with E-state index in [0.29, 0.717) is 21.7 Å². The van der Waals surface area contributed by atoms with E-state index in [4.69, 9.17) is 28.5 Å². The second kappa shape index (κ2) is 8.43. The van der Waals surface area contributed by atoms with Gasteiger partial charge in [-0.15, -0.1) is 0 Å². The SMILES string of the molecule is N#Cc1ccc(CN(CC(F)(F)F)C(=O)Cc2ccc(Cl)c(Cl)c2)cc1. The van der Waals surface area contributed by atoms with Crippen molar-refractivity contribution in [3.05, 3.63) is 69.2 Å². The Morgan fingerprint density at radius 3 is 2.19 bits per heavy atom. The molecule has 0 radical (unpaired) electrons. The van der Waals surface area contributed by atoms with Gasteiger partial charge in [-0.25, -0.2) is 0 Å². The summed E-state index contributed by atoms with van der Waals surface area (Å²) in [5.74, 6) is -0.690. The highest BCUT2D eigenvalue weighted by atomic mass is 35.5. The first kappa shape index (κ1) is 20.1. The third-order valence-corrected chi connectivity index (χ3v) is 4.26. The highest BCUT2D eigenvalue weighted by molar-refractivity contribution is 6.42. The van der Waals surface area contributed by atoms with Crippen LogP contribution in [0.5, 0.6) is 0 Å². The number of alkyl halides is 3. The van der Waals surface area contributed by atoms with Gasteiger partial charge in [-0.1, -0.05) is 41.4 Å². The quantitative estimate of drug-likeness (QED) is 0.708. The number of benzene rings is 2. The van der Waals surface area contributed by atoms with Gasteiger partial charge in [0, 0.05) is 6.54 Å². The molecule has 0 aliphatic heterocycles. The zero-order valence-corrected chi connectivity index (χ0v) is 14.9. The van der Waals surface area contributed by atoms with Crippen LogP contribution in [0.2, 0.25) is 10.0 Å². The Labute approximate surface area is 158 Å². The molecule has 0 aromatic heterocycles. The Hall–Kier alpha value is -2.23. The summed E-state index contributed by atoms with van der Waals surface area (Å²) in [6.07, 6.45) is -4.76. The standard InChI is InChI=1S/C18H13Cl2F3N2O/c19-15-6-5-14(7-16(15)20)8-17(26)25(11-18(21,22)23)10-13-3-1-12(9-24)2-4-13/h1-7H,8,10-11H2. The van der Waals surface area contributed by atoms with Crippen molar-refractivity contribution < 1.29 is 18.0 Å². The minimum absolute atomic E-state index is 0.217. The van der Waals surface area contributed by atoms with Gasteiger partial charge in [-0.3, -0.25) is 4.79 Å². The largest absolute Gasteiger partial charge is 0.406 e. The number of hydrogen-bond acceptors (Lipinski definition) is 2. The fourth-order valence-corrected chi connectivity index (χ4v) is 2.61. The second-order valence-electron chi connectivity index (χ2n) is 5.60. The lowest BCUT2D eigenvalue weighted by atomic mass is 10.1. The molecule has 0 bridgehead atoms. The van der Waals surface area contributed by atoms with Crippen LogP contribution in [0.25, 0.3) is 0 Å². The zero-order valence-electron chi connectivity index (χ0n) is 13.4. The van der Waals surface area contributed by atoms with E-state index in [1.54, 1.807) is 6.07 Å². The molecule has 136 valence electrons. The Bertz CT molecular complexity index is 830. The monoisotopic (exact) mass is 400 g/mol. The van der Waals surface area contributed by atoms with Gasteiger partial charge in [0.2, 0.25) is 5.91 Å². The summed E-state index contributed by atoms with van der Waals surface area (Å²) in [5, 5.41) is 9.30. The molecule has 2 rings (SSSR count). The molecule has 0 unspecified atom stereocenters. The molecular weight excluding hydrogens is 388 g/mol. The van der Waals surface area contributed by atoms with Crippen LogP contribution in [-0.2, 0) is 17.8 Å². The normalized spacial score (nSPS) is 11.1. The number of halogens is 5. The van der Waals surface area contributed by atoms with Gasteiger partial charge in [0.15, 0.2) is 0 Å². The lowest BCUT2D eigenvalue weighted by Gasteiger charge is -2.24. The van der Waals surface area contributed by atoms with E-state index in [1.165, 1.54) is 36.4 Å². The van der Waals surface area contributed by atoms with Gasteiger partial charge in [0.1, 0.15) is 6.54 Å². The summed E-state index contributed by atoms with van der Waals surface area (Å²) in [5.41, 5.74) is 1.35. The molecule has 0 aliphatic rings. The number of rotatable bonds is 5. The number of hydrogen-bond donors (Lipinski definition) is 0. The Morgan fingerprint density at radius 1 is 1.04 bits per heavy atom. The van der Waals surface area contributed by atoms with E-state index < -0.39 is 18.6 Å². The van der Waals surface area contributed by atoms with Crippen LogP contribution in [0, 0.1) is 11.3 Å². The van der Waals surface area contributed by atoms with E-state index in [2.05, 4.69) is 0 Å². The van der Waals surface area contributed by atoms with Gasteiger partial charge in [-0.2, -0.15) is 18.4 Å². The summed E-state index contributed by atoms with van der Waals surface area (Å²) in [6.45, 7) is -1.58. The van der Waals surface area contributed by atoms with Gasteiger partial charge in [0.05, 0.1) is 28.1 Å². The molecule has 0 aliphatic carbocycles. The van der Waals surface area contributed by atoms with Crippen molar-refractivity contribution in [3.8, 4) is 6.07 Å². The number of amides is 1. The van der Waals surface area contributed by atoms with Crippen molar-refractivity contribution in [2.75, 3.05) is 6.54 Å². The molecule has 0 heterocycles. The summed E-state index contributed by atoms with van der Waals surface area (Å²) in [6, 6.07) is 12.4. The molecule has 0 fully saturated rings. The Morgan fingerprint density at radius 2 is 1.65 bits per heavy atom. The number of nitriles is 1. The highest BCUT2D eigenvalue weighted by Gasteiger charge is 2.33. The van der Waals surface area contributed by atoms with Crippen LogP contribution < -0.4 is 0 Å². The van der Waals surface area contributed by atoms with Crippen molar-refractivity contribution in [3.63, 3.8) is 0 Å². The summed E-state index contributed by atoms with van der Waals surface area (Å²) in [4.78, 5) is 13.1. The Balaban J connectivity index is 2.17. The number of nitrogens with zero attached hydrogens (tertiary/aromatic N) is 2. The smallest absolute Gasteiger partial charge is 0.329 e. The lowest BCUT2D eigenvalue weighted by molar-refractivity contribution is -0.162. The van der Waals surface area contributed by atoms with Crippen molar-refractivity contribution in [2.24, 2.45) is 0 Å². The van der Waals surface area contributed by atoms with E-state index >= 15 is 0 Å². The van der Waals surface area contributed by atoms with Crippen LogP contribution in [0.3, 0.4) is 0 Å². The van der Waals surface area contributed by atoms with Crippen molar-refractivity contribution >= 4 is 29.1 Å². The van der Waals surface area contributed by atoms with E-state index in [-0.39, 0.29) is 18.0 Å². The molecule has 26 heavy (non-hydrogen) atoms. The van der Waals surface area contributed by atoms with E-state index in [0.717, 1.165) is 4.90 Å². The van der Waals surface area contributed by atoms with E-state index in [9.17, 15) is 18.0 Å². The minimum atomic E-state index is -4.53. The van der Waals surface area contributed by atoms with Crippen LogP contribution >= 0.6 is 23.2 Å². The van der Waals surface area contributed by atoms with E-state index in [1.807, 2.05) is 6.07 Å². The molecule has 0 N–H and O–H groups in total. The summed E-state index contributed by atoms with van der Waals surface area (Å²) < 4.78 is 38.6. The lowest BCUT2D eigenvalue weighted by Crippen LogP contribution is -2.39. The first-order valence-corrected chi connectivity index (χ1v) is 8.21. The molecular formula is C18H13Cl2F3N2O. The minimum Gasteiger partial charge on any atom is -0.329 e. The fourth-order valence-electron chi connectivity index (χ4n) is 2.29. The van der Waals surface area contributed by atoms with Crippen molar-refractivity contribution in [2.45, 2.75) is 19.1 Å². The Kier molecular flexibility index (Phi) is 6.52. The summed E-state index contributed by atoms with van der Waals surface area (Å²) in [7, 11) is 0. The van der Waals surface area contributed by atoms with Crippen LogP contribution in [-0.4, -0.2) is 23.5 Å². The van der Waals surface area contributed by atoms with Crippen LogP contribution in [0.1, 0.15) is 16.7 Å². The topological polar surface area (TPSA) is 44.1 Å². The van der Waals surface area contributed by atoms with Gasteiger partial charge >= 0.3 is 6.18 Å². The first-order valence-electron chi connectivity index (χ1n) is 7.45. The van der Waals surface area contributed by atoms with Crippen molar-refractivity contribution in [1.82, 2.24) is 4.90 Å². The molecule has 0 saturated heterocycles. The fraction of sp³-hybridized carbons (Fsp3) is 0.222. The maximum Gasteiger partial charge on any atom is 0.406 e. The van der Waals surface area contributed by atoms with Crippen molar-refractivity contribution in [1.29, 1.82) is 5.26 Å². The molecule has 0 spiro atoms. The highest BCUT2D eigenvalue weighted by Crippen LogP contribution is 2.24. The third kappa shape index (κ3) is 5.94. The average molecular weight is 401 g/mol. The van der Waals surface area contributed by atoms with Crippen LogP contribution in [0.4, 0.5) is 13.2 Å². The van der Waals surface area contributed by atoms with Gasteiger partial charge in [-0.05, 0) is 35.4 Å². The predicted octanol–water partition coefficient (Wildman–Crippen LogP) is 5.00. The van der Waals surface area contributed by atoms with Gasteiger partial charge in [0.25, 0.3) is 0 Å². The van der Waals surface area contributed by atoms with Gasteiger partial charge < -0.3 is 4.90 Å². The first-order chi connectivity index (χ1) is 12.2. The molecule has 0 atom stereocenters. The molecule has 3 nitrogen and oxygen atoms in total.